The topological polar surface area (TPSA) is 43.1 Å². The van der Waals surface area contributed by atoms with Crippen LogP contribution in [0.4, 0.5) is 0 Å². The molecule has 0 amide bonds. The Morgan fingerprint density at radius 3 is 2.14 bits per heavy atom. The van der Waals surface area contributed by atoms with Crippen LogP contribution in [-0.2, 0) is 11.2 Å². The molecule has 0 bridgehead atoms. The number of carbonyl (C=O) groups excluding carboxylic acids is 1. The highest BCUT2D eigenvalue weighted by atomic mass is 16.1. The van der Waals surface area contributed by atoms with E-state index in [1.807, 2.05) is 30.3 Å². The Labute approximate surface area is 130 Å². The summed E-state index contributed by atoms with van der Waals surface area (Å²) in [5, 5.41) is 0. The maximum Gasteiger partial charge on any atom is 0.149 e. The largest absolute Gasteiger partial charge is 0.321 e. The van der Waals surface area contributed by atoms with E-state index in [1.165, 1.54) is 38.5 Å². The molecule has 0 spiro atoms. The summed E-state index contributed by atoms with van der Waals surface area (Å²) in [7, 11) is 0. The van der Waals surface area contributed by atoms with Gasteiger partial charge in [0.15, 0.2) is 0 Å². The van der Waals surface area contributed by atoms with E-state index in [0.29, 0.717) is 12.8 Å². The van der Waals surface area contributed by atoms with Gasteiger partial charge in [-0.3, -0.25) is 4.79 Å². The zero-order valence-electron chi connectivity index (χ0n) is 13.5. The molecule has 0 fully saturated rings. The normalized spacial score (nSPS) is 12.3. The van der Waals surface area contributed by atoms with Crippen LogP contribution in [0.15, 0.2) is 30.3 Å². The number of ketones is 1. The number of benzene rings is 1. The van der Waals surface area contributed by atoms with Crippen LogP contribution in [0, 0.1) is 0 Å². The average molecular weight is 289 g/mol. The van der Waals surface area contributed by atoms with E-state index < -0.39 is 0 Å². The molecule has 2 N–H and O–H groups in total. The molecule has 0 radical (unpaired) electrons. The van der Waals surface area contributed by atoms with Crippen molar-refractivity contribution in [3.63, 3.8) is 0 Å². The summed E-state index contributed by atoms with van der Waals surface area (Å²) in [6.07, 6.45) is 11.4. The molecule has 0 saturated heterocycles. The second kappa shape index (κ2) is 11.5. The lowest BCUT2D eigenvalue weighted by molar-refractivity contribution is -0.120. The standard InChI is InChI=1S/C19H31NO/c1-2-3-4-5-6-7-8-12-15-19(21)18(20)16-17-13-10-9-11-14-17/h9-11,13-14,18H,2-8,12,15-16,20H2,1H3. The summed E-state index contributed by atoms with van der Waals surface area (Å²) < 4.78 is 0. The molecule has 0 aromatic heterocycles. The van der Waals surface area contributed by atoms with Gasteiger partial charge in [-0.1, -0.05) is 82.2 Å². The number of hydrogen-bond donors (Lipinski definition) is 1. The zero-order chi connectivity index (χ0) is 15.3. The van der Waals surface area contributed by atoms with Crippen LogP contribution in [-0.4, -0.2) is 11.8 Å². The average Bonchev–Trinajstić information content (AvgIpc) is 2.50. The van der Waals surface area contributed by atoms with E-state index in [9.17, 15) is 4.79 Å². The predicted molar refractivity (Wildman–Crippen MR) is 90.4 cm³/mol. The molecule has 1 atom stereocenters. The van der Waals surface area contributed by atoms with E-state index in [0.717, 1.165) is 18.4 Å². The minimum atomic E-state index is -0.336. The first-order valence-electron chi connectivity index (χ1n) is 8.56. The van der Waals surface area contributed by atoms with Crippen LogP contribution in [0.3, 0.4) is 0 Å². The summed E-state index contributed by atoms with van der Waals surface area (Å²) in [6, 6.07) is 9.69. The Morgan fingerprint density at radius 2 is 1.52 bits per heavy atom. The van der Waals surface area contributed by atoms with Crippen LogP contribution < -0.4 is 5.73 Å². The van der Waals surface area contributed by atoms with Crippen molar-refractivity contribution in [2.45, 2.75) is 77.2 Å². The quantitative estimate of drug-likeness (QED) is 0.569. The second-order valence-electron chi connectivity index (χ2n) is 5.99. The van der Waals surface area contributed by atoms with Gasteiger partial charge in [0.05, 0.1) is 6.04 Å². The molecule has 118 valence electrons. The summed E-state index contributed by atoms with van der Waals surface area (Å²) in [5.74, 6) is 0.213. The molecule has 1 rings (SSSR count). The minimum absolute atomic E-state index is 0.213. The lowest BCUT2D eigenvalue weighted by atomic mass is 9.99. The molecule has 0 heterocycles. The van der Waals surface area contributed by atoms with Gasteiger partial charge < -0.3 is 5.73 Å². The van der Waals surface area contributed by atoms with Gasteiger partial charge in [-0.15, -0.1) is 0 Å². The number of hydrogen-bond acceptors (Lipinski definition) is 2. The highest BCUT2D eigenvalue weighted by Crippen LogP contribution is 2.11. The third-order valence-electron chi connectivity index (χ3n) is 3.99. The Balaban J connectivity index is 2.05. The molecule has 0 aliphatic rings. The number of Topliss-reactive ketones (excluding diaryl/α,β-unsaturated/α-hetero) is 1. The number of carbonyl (C=O) groups is 1. The van der Waals surface area contributed by atoms with Gasteiger partial charge in [0.2, 0.25) is 0 Å². The fourth-order valence-corrected chi connectivity index (χ4v) is 2.60. The minimum Gasteiger partial charge on any atom is -0.321 e. The van der Waals surface area contributed by atoms with E-state index in [4.69, 9.17) is 5.73 Å². The number of unbranched alkanes of at least 4 members (excludes halogenated alkanes) is 7. The molecule has 1 aromatic carbocycles. The molecular formula is C19H31NO. The van der Waals surface area contributed by atoms with Crippen LogP contribution in [0.5, 0.6) is 0 Å². The van der Waals surface area contributed by atoms with Crippen molar-refractivity contribution in [2.24, 2.45) is 5.73 Å². The van der Waals surface area contributed by atoms with E-state index in [1.54, 1.807) is 0 Å². The van der Waals surface area contributed by atoms with Gasteiger partial charge in [0.1, 0.15) is 5.78 Å². The molecular weight excluding hydrogens is 258 g/mol. The van der Waals surface area contributed by atoms with Crippen molar-refractivity contribution in [1.29, 1.82) is 0 Å². The Morgan fingerprint density at radius 1 is 0.952 bits per heavy atom. The first-order chi connectivity index (χ1) is 10.2. The van der Waals surface area contributed by atoms with Gasteiger partial charge in [-0.25, -0.2) is 0 Å². The molecule has 2 nitrogen and oxygen atoms in total. The first-order valence-corrected chi connectivity index (χ1v) is 8.56. The molecule has 0 saturated carbocycles. The van der Waals surface area contributed by atoms with Gasteiger partial charge in [-0.2, -0.15) is 0 Å². The van der Waals surface area contributed by atoms with Gasteiger partial charge in [0, 0.05) is 6.42 Å². The fraction of sp³-hybridized carbons (Fsp3) is 0.632. The second-order valence-corrected chi connectivity index (χ2v) is 5.99. The van der Waals surface area contributed by atoms with Crippen molar-refractivity contribution < 1.29 is 4.79 Å². The van der Waals surface area contributed by atoms with E-state index >= 15 is 0 Å². The monoisotopic (exact) mass is 289 g/mol. The fourth-order valence-electron chi connectivity index (χ4n) is 2.60. The zero-order valence-corrected chi connectivity index (χ0v) is 13.5. The molecule has 1 aromatic rings. The summed E-state index contributed by atoms with van der Waals surface area (Å²) in [5.41, 5.74) is 7.14. The third-order valence-corrected chi connectivity index (χ3v) is 3.99. The van der Waals surface area contributed by atoms with Gasteiger partial charge in [-0.05, 0) is 18.4 Å². The lowest BCUT2D eigenvalue weighted by Gasteiger charge is -2.10. The smallest absolute Gasteiger partial charge is 0.149 e. The number of rotatable bonds is 12. The Kier molecular flexibility index (Phi) is 9.81. The van der Waals surface area contributed by atoms with Crippen LogP contribution in [0.1, 0.15) is 70.3 Å². The van der Waals surface area contributed by atoms with Crippen LogP contribution in [0.2, 0.25) is 0 Å². The molecule has 0 aliphatic carbocycles. The molecule has 21 heavy (non-hydrogen) atoms. The first kappa shape index (κ1) is 17.9. The highest BCUT2D eigenvalue weighted by Gasteiger charge is 2.13. The van der Waals surface area contributed by atoms with Gasteiger partial charge in [0.25, 0.3) is 0 Å². The van der Waals surface area contributed by atoms with E-state index in [2.05, 4.69) is 6.92 Å². The predicted octanol–water partition coefficient (Wildman–Crippen LogP) is 4.66. The summed E-state index contributed by atoms with van der Waals surface area (Å²) >= 11 is 0. The van der Waals surface area contributed by atoms with Crippen molar-refractivity contribution >= 4 is 5.78 Å². The van der Waals surface area contributed by atoms with Crippen LogP contribution >= 0.6 is 0 Å². The maximum atomic E-state index is 12.0. The van der Waals surface area contributed by atoms with Crippen molar-refractivity contribution in [3.05, 3.63) is 35.9 Å². The molecule has 2 heteroatoms. The molecule has 1 unspecified atom stereocenters. The van der Waals surface area contributed by atoms with Gasteiger partial charge >= 0.3 is 0 Å². The Hall–Kier alpha value is -1.15. The van der Waals surface area contributed by atoms with Crippen LogP contribution in [0.25, 0.3) is 0 Å². The SMILES string of the molecule is CCCCCCCCCCC(=O)C(N)Cc1ccccc1. The third kappa shape index (κ3) is 8.67. The van der Waals surface area contributed by atoms with E-state index in [-0.39, 0.29) is 11.8 Å². The maximum absolute atomic E-state index is 12.0. The molecule has 0 aliphatic heterocycles. The number of nitrogens with two attached hydrogens (primary N) is 1. The van der Waals surface area contributed by atoms with Crippen molar-refractivity contribution in [1.82, 2.24) is 0 Å². The Bertz CT molecular complexity index is 374. The highest BCUT2D eigenvalue weighted by molar-refractivity contribution is 5.84. The van der Waals surface area contributed by atoms with Crippen molar-refractivity contribution in [2.75, 3.05) is 0 Å². The summed E-state index contributed by atoms with van der Waals surface area (Å²) in [4.78, 5) is 12.0. The lowest BCUT2D eigenvalue weighted by Crippen LogP contribution is -2.32. The van der Waals surface area contributed by atoms with Crippen molar-refractivity contribution in [3.8, 4) is 0 Å². The summed E-state index contributed by atoms with van der Waals surface area (Å²) in [6.45, 7) is 2.24.